The van der Waals surface area contributed by atoms with E-state index in [0.29, 0.717) is 27.1 Å². The number of hydrazone groups is 1. The Morgan fingerprint density at radius 3 is 2.79 bits per heavy atom. The molecule has 0 N–H and O–H groups in total. The SMILES string of the molecule is COc1ccc(OC)c(/C=N\N2C(=O)CSC2=S)c1. The van der Waals surface area contributed by atoms with Crippen LogP contribution in [0.15, 0.2) is 23.3 Å². The molecule has 7 heteroatoms. The maximum absolute atomic E-state index is 11.5. The summed E-state index contributed by atoms with van der Waals surface area (Å²) in [6.45, 7) is 0. The van der Waals surface area contributed by atoms with Gasteiger partial charge < -0.3 is 9.47 Å². The Morgan fingerprint density at radius 1 is 1.42 bits per heavy atom. The van der Waals surface area contributed by atoms with Gasteiger partial charge in [-0.2, -0.15) is 10.1 Å². The lowest BCUT2D eigenvalue weighted by Gasteiger charge is -2.09. The third-order valence-electron chi connectivity index (χ3n) is 2.48. The van der Waals surface area contributed by atoms with Gasteiger partial charge in [0.25, 0.3) is 5.91 Å². The van der Waals surface area contributed by atoms with Crippen molar-refractivity contribution in [2.45, 2.75) is 0 Å². The predicted molar refractivity (Wildman–Crippen MR) is 79.0 cm³/mol. The minimum absolute atomic E-state index is 0.117. The van der Waals surface area contributed by atoms with E-state index in [1.807, 2.05) is 0 Å². The maximum Gasteiger partial charge on any atom is 0.259 e. The van der Waals surface area contributed by atoms with Gasteiger partial charge in [-0.25, -0.2) is 0 Å². The zero-order chi connectivity index (χ0) is 13.8. The Bertz CT molecular complexity index is 530. The molecule has 1 aromatic carbocycles. The molecule has 19 heavy (non-hydrogen) atoms. The van der Waals surface area contributed by atoms with Gasteiger partial charge in [-0.15, -0.1) is 0 Å². The van der Waals surface area contributed by atoms with Crippen LogP contribution in [0.5, 0.6) is 11.5 Å². The van der Waals surface area contributed by atoms with Crippen LogP contribution in [0, 0.1) is 0 Å². The van der Waals surface area contributed by atoms with Gasteiger partial charge in [-0.05, 0) is 18.2 Å². The van der Waals surface area contributed by atoms with Gasteiger partial charge in [0.2, 0.25) is 0 Å². The van der Waals surface area contributed by atoms with Crippen LogP contribution in [0.3, 0.4) is 0 Å². The first kappa shape index (κ1) is 13.8. The topological polar surface area (TPSA) is 51.1 Å². The third kappa shape index (κ3) is 3.05. The quantitative estimate of drug-likeness (QED) is 0.627. The van der Waals surface area contributed by atoms with Gasteiger partial charge in [0.1, 0.15) is 11.5 Å². The van der Waals surface area contributed by atoms with Crippen LogP contribution in [0.1, 0.15) is 5.56 Å². The second-order valence-corrected chi connectivity index (χ2v) is 5.22. The molecular formula is C12H12N2O3S2. The van der Waals surface area contributed by atoms with Gasteiger partial charge in [-0.3, -0.25) is 4.79 Å². The molecular weight excluding hydrogens is 284 g/mol. The smallest absolute Gasteiger partial charge is 0.259 e. The van der Waals surface area contributed by atoms with Gasteiger partial charge in [0, 0.05) is 5.56 Å². The number of benzene rings is 1. The van der Waals surface area contributed by atoms with E-state index < -0.39 is 0 Å². The van der Waals surface area contributed by atoms with E-state index >= 15 is 0 Å². The standard InChI is InChI=1S/C12H12N2O3S2/c1-16-9-3-4-10(17-2)8(5-9)6-13-14-11(15)7-19-12(14)18/h3-6H,7H2,1-2H3/b13-6-. The number of thiocarbonyl (C=S) groups is 1. The Labute approximate surface area is 120 Å². The summed E-state index contributed by atoms with van der Waals surface area (Å²) >= 11 is 6.35. The number of nitrogens with zero attached hydrogens (tertiary/aromatic N) is 2. The summed E-state index contributed by atoms with van der Waals surface area (Å²) in [5.41, 5.74) is 0.717. The predicted octanol–water partition coefficient (Wildman–Crippen LogP) is 1.90. The number of hydrogen-bond donors (Lipinski definition) is 0. The van der Waals surface area contributed by atoms with Crippen molar-refractivity contribution in [2.75, 3.05) is 20.0 Å². The molecule has 0 atom stereocenters. The van der Waals surface area contributed by atoms with E-state index in [4.69, 9.17) is 21.7 Å². The lowest BCUT2D eigenvalue weighted by Crippen LogP contribution is -2.22. The number of ether oxygens (including phenoxy) is 2. The second kappa shape index (κ2) is 6.03. The van der Waals surface area contributed by atoms with Gasteiger partial charge in [-0.1, -0.05) is 24.0 Å². The number of rotatable bonds is 4. The average molecular weight is 296 g/mol. The maximum atomic E-state index is 11.5. The molecule has 1 amide bonds. The van der Waals surface area contributed by atoms with Crippen molar-refractivity contribution in [3.8, 4) is 11.5 Å². The molecule has 0 bridgehead atoms. The van der Waals surface area contributed by atoms with Crippen LogP contribution >= 0.6 is 24.0 Å². The molecule has 100 valence electrons. The number of methoxy groups -OCH3 is 2. The van der Waals surface area contributed by atoms with Gasteiger partial charge in [0.05, 0.1) is 26.2 Å². The van der Waals surface area contributed by atoms with Crippen molar-refractivity contribution in [3.63, 3.8) is 0 Å². The van der Waals surface area contributed by atoms with Crippen LogP contribution in [-0.4, -0.2) is 41.4 Å². The van der Waals surface area contributed by atoms with E-state index in [0.717, 1.165) is 0 Å². The van der Waals surface area contributed by atoms with Crippen molar-refractivity contribution < 1.29 is 14.3 Å². The molecule has 0 spiro atoms. The average Bonchev–Trinajstić information content (AvgIpc) is 2.75. The first-order valence-corrected chi connectivity index (χ1v) is 6.81. The minimum Gasteiger partial charge on any atom is -0.497 e. The van der Waals surface area contributed by atoms with E-state index in [9.17, 15) is 4.79 Å². The van der Waals surface area contributed by atoms with E-state index in [-0.39, 0.29) is 5.91 Å². The monoisotopic (exact) mass is 296 g/mol. The molecule has 5 nitrogen and oxygen atoms in total. The normalized spacial score (nSPS) is 15.4. The summed E-state index contributed by atoms with van der Waals surface area (Å²) in [6.07, 6.45) is 1.54. The summed E-state index contributed by atoms with van der Waals surface area (Å²) < 4.78 is 10.8. The first-order chi connectivity index (χ1) is 9.15. The molecule has 0 aliphatic carbocycles. The summed E-state index contributed by atoms with van der Waals surface area (Å²) in [4.78, 5) is 11.5. The number of amides is 1. The fourth-order valence-electron chi connectivity index (χ4n) is 1.52. The Balaban J connectivity index is 2.26. The van der Waals surface area contributed by atoms with Crippen LogP contribution < -0.4 is 9.47 Å². The van der Waals surface area contributed by atoms with Crippen molar-refractivity contribution in [2.24, 2.45) is 5.10 Å². The highest BCUT2D eigenvalue weighted by atomic mass is 32.2. The van der Waals surface area contributed by atoms with Crippen LogP contribution in [0.4, 0.5) is 0 Å². The number of carbonyl (C=O) groups excluding carboxylic acids is 1. The molecule has 1 aliphatic heterocycles. The molecule has 1 saturated heterocycles. The van der Waals surface area contributed by atoms with Crippen molar-refractivity contribution in [1.29, 1.82) is 0 Å². The summed E-state index contributed by atoms with van der Waals surface area (Å²) in [5.74, 6) is 1.56. The largest absolute Gasteiger partial charge is 0.497 e. The van der Waals surface area contributed by atoms with Gasteiger partial charge >= 0.3 is 0 Å². The first-order valence-electron chi connectivity index (χ1n) is 5.41. The van der Waals surface area contributed by atoms with E-state index in [2.05, 4.69) is 5.10 Å². The Kier molecular flexibility index (Phi) is 4.39. The highest BCUT2D eigenvalue weighted by Gasteiger charge is 2.26. The van der Waals surface area contributed by atoms with Crippen LogP contribution in [-0.2, 0) is 4.79 Å². The summed E-state index contributed by atoms with van der Waals surface area (Å²) in [5, 5.41) is 5.32. The van der Waals surface area contributed by atoms with Crippen molar-refractivity contribution in [3.05, 3.63) is 23.8 Å². The molecule has 2 rings (SSSR count). The lowest BCUT2D eigenvalue weighted by molar-refractivity contribution is -0.123. The Hall–Kier alpha value is -1.60. The third-order valence-corrected chi connectivity index (χ3v) is 3.82. The molecule has 0 aromatic heterocycles. The highest BCUT2D eigenvalue weighted by molar-refractivity contribution is 8.23. The molecule has 1 heterocycles. The molecule has 0 unspecified atom stereocenters. The molecule has 1 fully saturated rings. The molecule has 1 aromatic rings. The summed E-state index contributed by atoms with van der Waals surface area (Å²) in [6, 6.07) is 5.34. The molecule has 0 radical (unpaired) electrons. The van der Waals surface area contributed by atoms with Crippen molar-refractivity contribution >= 4 is 40.4 Å². The summed E-state index contributed by atoms with van der Waals surface area (Å²) in [7, 11) is 3.15. The van der Waals surface area contributed by atoms with E-state index in [1.54, 1.807) is 32.4 Å². The fourth-order valence-corrected chi connectivity index (χ4v) is 2.49. The minimum atomic E-state index is -0.117. The van der Waals surface area contributed by atoms with Crippen molar-refractivity contribution in [1.82, 2.24) is 5.01 Å². The molecule has 1 aliphatic rings. The second-order valence-electron chi connectivity index (χ2n) is 3.61. The van der Waals surface area contributed by atoms with Crippen LogP contribution in [0.25, 0.3) is 0 Å². The number of carbonyl (C=O) groups is 1. The fraction of sp³-hybridized carbons (Fsp3) is 0.250. The number of hydrogen-bond acceptors (Lipinski definition) is 6. The molecule has 0 saturated carbocycles. The number of thioether (sulfide) groups is 1. The zero-order valence-corrected chi connectivity index (χ0v) is 12.1. The van der Waals surface area contributed by atoms with Crippen LogP contribution in [0.2, 0.25) is 0 Å². The lowest BCUT2D eigenvalue weighted by atomic mass is 10.2. The Morgan fingerprint density at radius 2 is 2.21 bits per heavy atom. The zero-order valence-electron chi connectivity index (χ0n) is 10.5. The van der Waals surface area contributed by atoms with E-state index in [1.165, 1.54) is 23.0 Å². The highest BCUT2D eigenvalue weighted by Crippen LogP contribution is 2.23. The van der Waals surface area contributed by atoms with Gasteiger partial charge in [0.15, 0.2) is 4.32 Å².